The zero-order valence-electron chi connectivity index (χ0n) is 19.0. The first-order valence-corrected chi connectivity index (χ1v) is 9.90. The first-order valence-electron chi connectivity index (χ1n) is 9.90. The molecule has 0 atom stereocenters. The van der Waals surface area contributed by atoms with E-state index >= 15 is 0 Å². The van der Waals surface area contributed by atoms with E-state index in [9.17, 15) is 9.59 Å². The van der Waals surface area contributed by atoms with Crippen LogP contribution < -0.4 is 0 Å². The summed E-state index contributed by atoms with van der Waals surface area (Å²) in [6.45, 7) is 22.3. The lowest BCUT2D eigenvalue weighted by Crippen LogP contribution is -2.07. The van der Waals surface area contributed by atoms with Gasteiger partial charge in [0.05, 0.1) is 11.1 Å². The van der Waals surface area contributed by atoms with Crippen molar-refractivity contribution in [1.82, 2.24) is 0 Å². The van der Waals surface area contributed by atoms with Crippen LogP contribution in [0.4, 0.5) is 0 Å². The van der Waals surface area contributed by atoms with Gasteiger partial charge in [-0.1, -0.05) is 83.9 Å². The van der Waals surface area contributed by atoms with Gasteiger partial charge in [0.25, 0.3) is 0 Å². The van der Waals surface area contributed by atoms with Gasteiger partial charge in [-0.3, -0.25) is 0 Å². The zero-order valence-corrected chi connectivity index (χ0v) is 19.0. The van der Waals surface area contributed by atoms with Crippen LogP contribution in [0.1, 0.15) is 51.9 Å². The number of carbonyl (C=O) groups excluding carboxylic acids is 2. The average Bonchev–Trinajstić information content (AvgIpc) is 2.77. The second-order valence-electron chi connectivity index (χ2n) is 5.20. The molecule has 1 rings (SSSR count). The van der Waals surface area contributed by atoms with Crippen molar-refractivity contribution in [3.05, 3.63) is 109 Å². The van der Waals surface area contributed by atoms with E-state index < -0.39 is 11.9 Å². The number of hydrogen-bond acceptors (Lipinski definition) is 4. The smallest absolute Gasteiger partial charge is 0.343 e. The summed E-state index contributed by atoms with van der Waals surface area (Å²) in [7, 11) is 0. The van der Waals surface area contributed by atoms with Gasteiger partial charge in [-0.05, 0) is 43.7 Å². The summed E-state index contributed by atoms with van der Waals surface area (Å²) in [6.07, 6.45) is 7.87. The second kappa shape index (κ2) is 17.7. The van der Waals surface area contributed by atoms with E-state index in [1.807, 2.05) is 27.7 Å². The molecule has 0 heterocycles. The first-order chi connectivity index (χ1) is 14.4. The maximum absolute atomic E-state index is 12.1. The van der Waals surface area contributed by atoms with Crippen molar-refractivity contribution in [3.8, 4) is 0 Å². The van der Waals surface area contributed by atoms with Crippen LogP contribution in [-0.2, 0) is 14.3 Å². The Balaban J connectivity index is 0. The summed E-state index contributed by atoms with van der Waals surface area (Å²) in [5.74, 6) is -0.812. The summed E-state index contributed by atoms with van der Waals surface area (Å²) in [4.78, 5) is 24.0. The monoisotopic (exact) mass is 410 g/mol. The van der Waals surface area contributed by atoms with Crippen molar-refractivity contribution < 1.29 is 19.1 Å². The Kier molecular flexibility index (Phi) is 17.0. The molecule has 0 radical (unpaired) electrons. The van der Waals surface area contributed by atoms with Crippen LogP contribution in [0.15, 0.2) is 103 Å². The second-order valence-corrected chi connectivity index (χ2v) is 5.20. The lowest BCUT2D eigenvalue weighted by Gasteiger charge is -2.09. The molecular formula is C26H34O4. The lowest BCUT2D eigenvalue weighted by molar-refractivity contribution is -0.134. The van der Waals surface area contributed by atoms with Crippen molar-refractivity contribution in [1.29, 1.82) is 0 Å². The van der Waals surface area contributed by atoms with Crippen molar-refractivity contribution in [2.45, 2.75) is 41.5 Å². The van der Waals surface area contributed by atoms with Crippen molar-refractivity contribution in [2.75, 3.05) is 0 Å². The summed E-state index contributed by atoms with van der Waals surface area (Å²) >= 11 is 0. The fourth-order valence-electron chi connectivity index (χ4n) is 1.81. The van der Waals surface area contributed by atoms with Crippen LogP contribution in [0.5, 0.6) is 0 Å². The molecule has 0 bridgehead atoms. The normalized spacial score (nSPS) is 10.6. The predicted molar refractivity (Wildman–Crippen MR) is 126 cm³/mol. The number of esters is 2. The third-order valence-corrected chi connectivity index (χ3v) is 3.23. The van der Waals surface area contributed by atoms with E-state index in [2.05, 4.69) is 19.7 Å². The average molecular weight is 411 g/mol. The summed E-state index contributed by atoms with van der Waals surface area (Å²) < 4.78 is 10.4. The van der Waals surface area contributed by atoms with E-state index in [0.717, 1.165) is 0 Å². The van der Waals surface area contributed by atoms with Crippen LogP contribution in [0.2, 0.25) is 0 Å². The van der Waals surface area contributed by atoms with Gasteiger partial charge in [0.1, 0.15) is 11.5 Å². The molecule has 1 aromatic rings. The number of rotatable bonds is 8. The van der Waals surface area contributed by atoms with Crippen LogP contribution in [-0.4, -0.2) is 11.9 Å². The number of ether oxygens (including phenoxy) is 2. The standard InChI is InChI=1S/C22H22O4.2C2H6/c1-6-8-12-19(7-2)21(23)26-18(5)16(3)15-17(4)25-22(24)20-13-10-9-11-14-20;2*1-2/h6-15H,1,4-5H2,2-3H3;2*1-2H3/b12-8-,16-15-,19-7+;;. The largest absolute Gasteiger partial charge is 0.424 e. The molecule has 0 aliphatic heterocycles. The van der Waals surface area contributed by atoms with Gasteiger partial charge < -0.3 is 9.47 Å². The predicted octanol–water partition coefficient (Wildman–Crippen LogP) is 7.10. The van der Waals surface area contributed by atoms with E-state index in [1.165, 1.54) is 6.08 Å². The van der Waals surface area contributed by atoms with Crippen molar-refractivity contribution >= 4 is 11.9 Å². The third kappa shape index (κ3) is 11.4. The van der Waals surface area contributed by atoms with Gasteiger partial charge >= 0.3 is 11.9 Å². The van der Waals surface area contributed by atoms with E-state index in [1.54, 1.807) is 68.5 Å². The van der Waals surface area contributed by atoms with Gasteiger partial charge in [-0.2, -0.15) is 0 Å². The molecule has 0 amide bonds. The Morgan fingerprint density at radius 2 is 1.53 bits per heavy atom. The molecule has 0 saturated carbocycles. The van der Waals surface area contributed by atoms with E-state index in [0.29, 0.717) is 16.7 Å². The molecule has 1 aromatic carbocycles. The minimum atomic E-state index is -0.546. The number of allylic oxidation sites excluding steroid dienone is 5. The molecule has 0 aliphatic rings. The number of benzene rings is 1. The molecule has 162 valence electrons. The molecule has 0 N–H and O–H groups in total. The summed E-state index contributed by atoms with van der Waals surface area (Å²) in [5, 5.41) is 0. The molecule has 0 spiro atoms. The maximum Gasteiger partial charge on any atom is 0.343 e. The van der Waals surface area contributed by atoms with Gasteiger partial charge in [-0.15, -0.1) is 0 Å². The summed E-state index contributed by atoms with van der Waals surface area (Å²) in [6, 6.07) is 8.56. The number of carbonyl (C=O) groups is 2. The molecule has 30 heavy (non-hydrogen) atoms. The molecule has 0 unspecified atom stereocenters. The van der Waals surface area contributed by atoms with Gasteiger partial charge in [0.2, 0.25) is 0 Å². The number of hydrogen-bond donors (Lipinski definition) is 0. The lowest BCUT2D eigenvalue weighted by atomic mass is 10.2. The summed E-state index contributed by atoms with van der Waals surface area (Å²) in [5.41, 5.74) is 1.29. The third-order valence-electron chi connectivity index (χ3n) is 3.23. The van der Waals surface area contributed by atoms with Gasteiger partial charge in [-0.25, -0.2) is 9.59 Å². The van der Waals surface area contributed by atoms with Crippen LogP contribution in [0, 0.1) is 0 Å². The molecule has 0 saturated heterocycles. The van der Waals surface area contributed by atoms with Crippen LogP contribution >= 0.6 is 0 Å². The SMILES string of the molecule is C=C/C=C\C(=C/C)C(=O)OC(=C)/C(C)=C\C(=C)OC(=O)c1ccccc1.CC.CC. The Labute approximate surface area is 181 Å². The van der Waals surface area contributed by atoms with Crippen molar-refractivity contribution in [3.63, 3.8) is 0 Å². The van der Waals surface area contributed by atoms with E-state index in [-0.39, 0.29) is 11.5 Å². The minimum Gasteiger partial charge on any atom is -0.424 e. The topological polar surface area (TPSA) is 52.6 Å². The highest BCUT2D eigenvalue weighted by molar-refractivity contribution is 5.92. The van der Waals surface area contributed by atoms with E-state index in [4.69, 9.17) is 9.47 Å². The molecule has 0 aliphatic carbocycles. The van der Waals surface area contributed by atoms with Crippen molar-refractivity contribution in [2.24, 2.45) is 0 Å². The molecule has 0 aromatic heterocycles. The quantitative estimate of drug-likeness (QED) is 0.198. The highest BCUT2D eigenvalue weighted by Gasteiger charge is 2.12. The molecule has 0 fully saturated rings. The zero-order chi connectivity index (χ0) is 23.5. The molecule has 4 heteroatoms. The Morgan fingerprint density at radius 3 is 2.03 bits per heavy atom. The van der Waals surface area contributed by atoms with Gasteiger partial charge in [0.15, 0.2) is 0 Å². The molecular weight excluding hydrogens is 376 g/mol. The Bertz CT molecular complexity index is 794. The fraction of sp³-hybridized carbons (Fsp3) is 0.231. The Morgan fingerprint density at radius 1 is 0.967 bits per heavy atom. The van der Waals surface area contributed by atoms with Crippen LogP contribution in [0.25, 0.3) is 0 Å². The van der Waals surface area contributed by atoms with Crippen LogP contribution in [0.3, 0.4) is 0 Å². The van der Waals surface area contributed by atoms with Gasteiger partial charge in [0, 0.05) is 0 Å². The highest BCUT2D eigenvalue weighted by Crippen LogP contribution is 2.15. The Hall–Kier alpha value is -3.40. The fourth-order valence-corrected chi connectivity index (χ4v) is 1.81. The first kappa shape index (κ1) is 28.8. The highest BCUT2D eigenvalue weighted by atomic mass is 16.5. The molecule has 4 nitrogen and oxygen atoms in total. The maximum atomic E-state index is 12.1. The minimum absolute atomic E-state index is 0.117.